The summed E-state index contributed by atoms with van der Waals surface area (Å²) in [5.74, 6) is -5.21. The van der Waals surface area contributed by atoms with Crippen molar-refractivity contribution >= 4 is 95.9 Å². The van der Waals surface area contributed by atoms with Crippen LogP contribution < -0.4 is 56.8 Å². The average molecular weight is 1610 g/mol. The Morgan fingerprint density at radius 2 is 0.708 bits per heavy atom. The Bertz CT molecular complexity index is 6150. The zero-order chi connectivity index (χ0) is 99.8. The Kier molecular flexibility index (Phi) is 15.6. The first-order chi connectivity index (χ1) is 59.8. The van der Waals surface area contributed by atoms with Crippen LogP contribution in [-0.4, -0.2) is 144 Å². The van der Waals surface area contributed by atoms with Gasteiger partial charge in [-0.05, 0) is 110 Å². The predicted molar refractivity (Wildman–Crippen MR) is 371 cm³/mol. The zero-order valence-electron chi connectivity index (χ0n) is 84.7. The molecule has 510 valence electrons. The average Bonchev–Trinajstić information content (AvgIpc) is 0.741. The van der Waals surface area contributed by atoms with Crippen LogP contribution in [0.4, 0.5) is 17.5 Å². The van der Waals surface area contributed by atoms with Crippen molar-refractivity contribution in [1.82, 2.24) is 74.0 Å². The highest BCUT2D eigenvalue weighted by Gasteiger charge is 2.23. The van der Waals surface area contributed by atoms with Gasteiger partial charge in [-0.3, -0.25) is 14.2 Å². The molecule has 0 aliphatic rings. The van der Waals surface area contributed by atoms with Crippen LogP contribution in [0.2, 0.25) is 0 Å². The smallest absolute Gasteiger partial charge is 0.316 e. The van der Waals surface area contributed by atoms with Gasteiger partial charge in [-0.15, -0.1) is 0 Å². The number of aromatic nitrogens is 12. The number of ether oxygens (including phenoxy) is 6. The van der Waals surface area contributed by atoms with Crippen LogP contribution in [0.3, 0.4) is 0 Å². The molecule has 0 aliphatic carbocycles. The van der Waals surface area contributed by atoms with Crippen LogP contribution in [0.25, 0.3) is 33.4 Å². The minimum absolute atomic E-state index is 0.0342. The Hall–Kier alpha value is -8.49. The molecule has 6 aromatic heterocycles. The molecule has 0 bridgehead atoms. The fourth-order valence-corrected chi connectivity index (χ4v) is 9.05. The molecule has 36 heteroatoms. The quantitative estimate of drug-likeness (QED) is 0.0223. The molecule has 0 saturated carbocycles. The number of nitrogens with one attached hydrogen (secondary N) is 6. The van der Waals surface area contributed by atoms with E-state index in [0.29, 0.717) is 6.42 Å². The third-order valence-electron chi connectivity index (χ3n) is 9.86. The minimum atomic E-state index is -5.11. The van der Waals surface area contributed by atoms with Crippen LogP contribution in [-0.2, 0) is 30.6 Å². The Balaban J connectivity index is 0.000000269. The molecular weight excluding hydrogens is 1500 g/mol. The fraction of sp³-hybridized carbons (Fsp3) is 0.300. The van der Waals surface area contributed by atoms with Gasteiger partial charge in [-0.25, -0.2) is 59.8 Å². The molecule has 0 spiro atoms. The molecule has 0 saturated heterocycles. The van der Waals surface area contributed by atoms with E-state index in [0.717, 1.165) is 6.92 Å². The largest absolute Gasteiger partial charge is 0.473 e. The van der Waals surface area contributed by atoms with Crippen LogP contribution >= 0.6 is 47.8 Å². The molecule has 0 amide bonds. The van der Waals surface area contributed by atoms with Crippen molar-refractivity contribution < 1.29 is 102 Å². The predicted octanol–water partition coefficient (Wildman–Crippen LogP) is 9.36. The van der Waals surface area contributed by atoms with Gasteiger partial charge in [0.15, 0.2) is 17.5 Å². The van der Waals surface area contributed by atoms with Gasteiger partial charge >= 0.3 is 18.0 Å². The van der Waals surface area contributed by atoms with E-state index in [1.807, 2.05) is 9.44 Å². The first-order valence-corrected chi connectivity index (χ1v) is 32.9. The summed E-state index contributed by atoms with van der Waals surface area (Å²) in [6, 6.07) is -10.5. The summed E-state index contributed by atoms with van der Waals surface area (Å²) in [4.78, 5) is 43.8. The van der Waals surface area contributed by atoms with E-state index in [1.54, 1.807) is 16.4 Å². The summed E-state index contributed by atoms with van der Waals surface area (Å²) in [6.45, 7) is -12.6. The SMILES string of the molecule is [2H]c1nc(NS(=O)(=O)NC([2H])([2H])C([2H])([2H])C)c(-c2c([2H])c([2H])c(Br)c([2H])c2[2H])c(OCC([2H])([2H])Oc2nc([2H])c(C)c([2H])n2)n1.[2H]c1nc(NS(=O)(=O)NC([2H])([2H])CC)c(-c2c([2H])c([2H])c(Br)c([2H])c2[2H])c(OCC([2H])([2H])Oc2nc([2H])c(C)c([2H])n2)n1.[2H]c1nc(NS(=O)(=O)NCCC)c(-c2c([2H])c([2H])c(Br)c([2H])c2[2H])c(OC([2H])([2H])C([2H])([2H])Oc2nc([2H])c(C)c([2H])n2)n1. The van der Waals surface area contributed by atoms with Crippen molar-refractivity contribution in [3.63, 3.8) is 0 Å². The summed E-state index contributed by atoms with van der Waals surface area (Å²) in [5, 5.41) is 0. The van der Waals surface area contributed by atoms with Gasteiger partial charge in [0.2, 0.25) is 17.6 Å². The maximum atomic E-state index is 12.9. The lowest BCUT2D eigenvalue weighted by Gasteiger charge is -2.15. The second kappa shape index (κ2) is 37.7. The second-order valence-corrected chi connectivity index (χ2v) is 23.7. The third kappa shape index (κ3) is 24.9. The summed E-state index contributed by atoms with van der Waals surface area (Å²) in [5.41, 5.74) is -3.80. The van der Waals surface area contributed by atoms with Crippen LogP contribution in [0, 0.1) is 20.8 Å². The molecule has 6 heterocycles. The Morgan fingerprint density at radius 3 is 1.04 bits per heavy atom. The topological polar surface area (TPSA) is 385 Å². The van der Waals surface area contributed by atoms with Crippen molar-refractivity contribution in [2.75, 3.05) is 73.2 Å². The molecule has 6 N–H and O–H groups in total. The molecule has 9 aromatic rings. The second-order valence-electron chi connectivity index (χ2n) is 17.0. The standard InChI is InChI=1S/3C20H23BrN6O4S/c3*1-3-8-26-32(28,29)27-18-17(15-4-6-16(21)7-5-15)19(25-13-24-18)30-9-10-31-20-22-11-14(2)12-23-20/h3*4-7,11-13,26H,3,8-10H2,1-2H3,(H,24,25,27)/i3D2,4D,5D,6D,7D,8D2,10D2,11D,12D,13D;4D,5D,6D,7D,9D2,10D2,11D,12D,13D;4D,5D,6D,7D,8D2,10D2,11D,12D,13D. The number of nitrogens with zero attached hydrogens (tertiary/aromatic N) is 12. The van der Waals surface area contributed by atoms with Crippen molar-refractivity contribution in [2.45, 2.75) is 60.8 Å². The number of anilines is 3. The van der Waals surface area contributed by atoms with E-state index >= 15 is 0 Å². The minimum Gasteiger partial charge on any atom is -0.473 e. The highest BCUT2D eigenvalue weighted by molar-refractivity contribution is 9.11. The van der Waals surface area contributed by atoms with Gasteiger partial charge in [0.05, 0.1) is 52.3 Å². The lowest BCUT2D eigenvalue weighted by Crippen LogP contribution is -2.31. The Morgan fingerprint density at radius 1 is 0.396 bits per heavy atom. The van der Waals surface area contributed by atoms with E-state index in [-0.39, 0.29) is 55.4 Å². The molecule has 0 fully saturated rings. The van der Waals surface area contributed by atoms with E-state index in [9.17, 15) is 25.3 Å². The number of hydrogen-bond acceptors (Lipinski definition) is 24. The molecule has 0 radical (unpaired) electrons. The van der Waals surface area contributed by atoms with Crippen molar-refractivity contribution in [3.8, 4) is 69.1 Å². The van der Waals surface area contributed by atoms with Gasteiger partial charge in [-0.1, -0.05) is 105 Å². The summed E-state index contributed by atoms with van der Waals surface area (Å²) in [7, 11) is -14.3. The highest BCUT2D eigenvalue weighted by Crippen LogP contribution is 2.38. The van der Waals surface area contributed by atoms with Crippen LogP contribution in [0.1, 0.15) is 105 Å². The van der Waals surface area contributed by atoms with E-state index < -0.39 is 292 Å². The van der Waals surface area contributed by atoms with Gasteiger partial charge in [0, 0.05) is 78.2 Å². The van der Waals surface area contributed by atoms with E-state index in [2.05, 4.69) is 112 Å². The Labute approximate surface area is 631 Å². The maximum Gasteiger partial charge on any atom is 0.316 e. The third-order valence-corrected chi connectivity index (χ3v) is 13.8. The lowest BCUT2D eigenvalue weighted by molar-refractivity contribution is 0.202. The van der Waals surface area contributed by atoms with Crippen molar-refractivity contribution in [3.05, 3.63) is 159 Å². The summed E-state index contributed by atoms with van der Waals surface area (Å²) in [6.07, 6.45) is -8.04. The molecular formula is C60H69Br3N18O12S3. The molecule has 9 rings (SSSR count). The van der Waals surface area contributed by atoms with Crippen molar-refractivity contribution in [2.24, 2.45) is 0 Å². The summed E-state index contributed by atoms with van der Waals surface area (Å²) < 4.78 is 400. The molecule has 3 aromatic carbocycles. The van der Waals surface area contributed by atoms with Gasteiger partial charge in [0.1, 0.15) is 62.5 Å². The van der Waals surface area contributed by atoms with Gasteiger partial charge in [-0.2, -0.15) is 39.4 Å². The van der Waals surface area contributed by atoms with E-state index in [1.165, 1.54) is 32.4 Å². The highest BCUT2D eigenvalue weighted by atomic mass is 79.9. The number of benzene rings is 3. The number of hydrogen-bond donors (Lipinski definition) is 6. The molecule has 0 atom stereocenters. The summed E-state index contributed by atoms with van der Waals surface area (Å²) >= 11 is 8.82. The molecule has 0 aliphatic heterocycles. The van der Waals surface area contributed by atoms with E-state index in [4.69, 9.17) is 76.4 Å². The number of rotatable bonds is 33. The monoisotopic (exact) mass is 1600 g/mol. The van der Waals surface area contributed by atoms with Gasteiger partial charge in [0.25, 0.3) is 30.6 Å². The first-order valence-electron chi connectivity index (χ1n) is 43.6. The van der Waals surface area contributed by atoms with Crippen LogP contribution in [0.15, 0.2) is 142 Å². The molecule has 30 nitrogen and oxygen atoms in total. The van der Waals surface area contributed by atoms with Crippen molar-refractivity contribution in [1.29, 1.82) is 0 Å². The molecule has 96 heavy (non-hydrogen) atoms. The number of halogens is 3. The normalized spacial score (nSPS) is 17.5. The fourth-order valence-electron chi connectivity index (χ4n) is 6.03. The first kappa shape index (κ1) is 39.7. The lowest BCUT2D eigenvalue weighted by atomic mass is 10.1. The molecule has 0 unspecified atom stereocenters. The van der Waals surface area contributed by atoms with Crippen LogP contribution in [0.5, 0.6) is 35.7 Å². The maximum absolute atomic E-state index is 12.9. The van der Waals surface area contributed by atoms with Gasteiger partial charge < -0.3 is 28.4 Å². The zero-order valence-corrected chi connectivity index (χ0v) is 56.9.